The molecule has 1 aliphatic heterocycles. The van der Waals surface area contributed by atoms with Crippen molar-refractivity contribution in [2.45, 2.75) is 25.9 Å². The van der Waals surface area contributed by atoms with E-state index < -0.39 is 5.76 Å². The first-order valence-electron chi connectivity index (χ1n) is 9.85. The standard InChI is InChI=1S/C21H20N6O3/c28-20(14-27-16-5-1-2-6-17(16)30-21(27)29)25-9-7-18-23-24-19(26(18)11-10-25)12-15-4-3-8-22-13-15/h1-6,8,13H,7,9-12,14H2. The Labute approximate surface area is 171 Å². The maximum absolute atomic E-state index is 12.9. The molecule has 30 heavy (non-hydrogen) atoms. The van der Waals surface area contributed by atoms with Gasteiger partial charge in [-0.3, -0.25) is 14.3 Å². The second-order valence-electron chi connectivity index (χ2n) is 7.27. The van der Waals surface area contributed by atoms with Crippen molar-refractivity contribution in [3.63, 3.8) is 0 Å². The van der Waals surface area contributed by atoms with E-state index >= 15 is 0 Å². The summed E-state index contributed by atoms with van der Waals surface area (Å²) in [6, 6.07) is 11.0. The molecule has 0 atom stereocenters. The first-order chi connectivity index (χ1) is 14.7. The van der Waals surface area contributed by atoms with Crippen LogP contribution in [0.3, 0.4) is 0 Å². The molecule has 4 aromatic rings. The van der Waals surface area contributed by atoms with Crippen LogP contribution >= 0.6 is 0 Å². The van der Waals surface area contributed by atoms with E-state index in [2.05, 4.69) is 19.7 Å². The molecule has 0 saturated heterocycles. The van der Waals surface area contributed by atoms with Crippen molar-refractivity contribution in [3.05, 3.63) is 76.6 Å². The second kappa shape index (κ2) is 7.58. The summed E-state index contributed by atoms with van der Waals surface area (Å²) in [7, 11) is 0. The van der Waals surface area contributed by atoms with Crippen molar-refractivity contribution >= 4 is 17.0 Å². The zero-order chi connectivity index (χ0) is 20.5. The molecule has 0 aliphatic carbocycles. The summed E-state index contributed by atoms with van der Waals surface area (Å²) in [5, 5.41) is 8.66. The van der Waals surface area contributed by atoms with Gasteiger partial charge in [-0.05, 0) is 23.8 Å². The summed E-state index contributed by atoms with van der Waals surface area (Å²) in [5.41, 5.74) is 2.18. The number of nitrogens with zero attached hydrogens (tertiary/aromatic N) is 6. The molecule has 0 bridgehead atoms. The molecule has 3 aromatic heterocycles. The van der Waals surface area contributed by atoms with Crippen LogP contribution in [0, 0.1) is 0 Å². The Balaban J connectivity index is 1.31. The minimum atomic E-state index is -0.518. The highest BCUT2D eigenvalue weighted by Crippen LogP contribution is 2.15. The van der Waals surface area contributed by atoms with Crippen molar-refractivity contribution in [2.75, 3.05) is 13.1 Å². The molecule has 0 unspecified atom stereocenters. The zero-order valence-electron chi connectivity index (χ0n) is 16.3. The number of benzene rings is 1. The fraction of sp³-hybridized carbons (Fsp3) is 0.286. The maximum Gasteiger partial charge on any atom is 0.420 e. The van der Waals surface area contributed by atoms with Crippen molar-refractivity contribution in [1.82, 2.24) is 29.2 Å². The molecular formula is C21H20N6O3. The molecular weight excluding hydrogens is 384 g/mol. The van der Waals surface area contributed by atoms with E-state index in [0.29, 0.717) is 43.6 Å². The SMILES string of the molecule is O=C(Cn1c(=O)oc2ccccc21)N1CCc2nnc(Cc3cccnc3)n2CC1. The van der Waals surface area contributed by atoms with E-state index in [9.17, 15) is 9.59 Å². The molecule has 5 rings (SSSR count). The fourth-order valence-corrected chi connectivity index (χ4v) is 3.85. The van der Waals surface area contributed by atoms with Gasteiger partial charge in [0.2, 0.25) is 5.91 Å². The van der Waals surface area contributed by atoms with Crippen LogP contribution in [0.5, 0.6) is 0 Å². The lowest BCUT2D eigenvalue weighted by atomic mass is 10.2. The lowest BCUT2D eigenvalue weighted by molar-refractivity contribution is -0.131. The van der Waals surface area contributed by atoms with Gasteiger partial charge in [-0.15, -0.1) is 10.2 Å². The molecule has 1 aromatic carbocycles. The largest absolute Gasteiger partial charge is 0.420 e. The average molecular weight is 404 g/mol. The Morgan fingerprint density at radius 3 is 2.83 bits per heavy atom. The van der Waals surface area contributed by atoms with E-state index in [1.807, 2.05) is 24.4 Å². The van der Waals surface area contributed by atoms with Crippen LogP contribution in [0.15, 0.2) is 58.0 Å². The van der Waals surface area contributed by atoms with Gasteiger partial charge in [-0.25, -0.2) is 4.79 Å². The van der Waals surface area contributed by atoms with Gasteiger partial charge in [-0.1, -0.05) is 18.2 Å². The number of carbonyl (C=O) groups excluding carboxylic acids is 1. The van der Waals surface area contributed by atoms with Gasteiger partial charge in [0.1, 0.15) is 18.2 Å². The molecule has 0 radical (unpaired) electrons. The Kier molecular flexibility index (Phi) is 4.62. The molecule has 0 spiro atoms. The minimum Gasteiger partial charge on any atom is -0.408 e. The Morgan fingerprint density at radius 1 is 1.07 bits per heavy atom. The van der Waals surface area contributed by atoms with Crippen LogP contribution in [0.1, 0.15) is 17.2 Å². The van der Waals surface area contributed by atoms with E-state index in [-0.39, 0.29) is 12.5 Å². The minimum absolute atomic E-state index is 0.0427. The third kappa shape index (κ3) is 3.38. The predicted molar refractivity (Wildman–Crippen MR) is 108 cm³/mol. The number of fused-ring (bicyclic) bond motifs is 2. The molecule has 0 fully saturated rings. The maximum atomic E-state index is 12.9. The van der Waals surface area contributed by atoms with Crippen LogP contribution in [-0.4, -0.2) is 48.2 Å². The monoisotopic (exact) mass is 404 g/mol. The molecule has 9 heteroatoms. The summed E-state index contributed by atoms with van der Waals surface area (Å²) in [4.78, 5) is 31.0. The zero-order valence-corrected chi connectivity index (χ0v) is 16.3. The molecule has 1 aliphatic rings. The smallest absolute Gasteiger partial charge is 0.408 e. The Hall–Kier alpha value is -3.75. The van der Waals surface area contributed by atoms with E-state index in [1.165, 1.54) is 4.57 Å². The first kappa shape index (κ1) is 18.3. The topological polar surface area (TPSA) is 99.1 Å². The van der Waals surface area contributed by atoms with Crippen LogP contribution in [-0.2, 0) is 30.7 Å². The lowest BCUT2D eigenvalue weighted by Gasteiger charge is -2.20. The second-order valence-corrected chi connectivity index (χ2v) is 7.27. The summed E-state index contributed by atoms with van der Waals surface area (Å²) in [5.74, 6) is 1.10. The van der Waals surface area contributed by atoms with Gasteiger partial charge >= 0.3 is 5.76 Å². The molecule has 9 nitrogen and oxygen atoms in total. The van der Waals surface area contributed by atoms with Gasteiger partial charge in [0.15, 0.2) is 5.58 Å². The number of hydrogen-bond donors (Lipinski definition) is 0. The number of carbonyl (C=O) groups is 1. The van der Waals surface area contributed by atoms with Gasteiger partial charge in [0.25, 0.3) is 0 Å². The quantitative estimate of drug-likeness (QED) is 0.508. The van der Waals surface area contributed by atoms with E-state index in [0.717, 1.165) is 17.2 Å². The molecule has 4 heterocycles. The fourth-order valence-electron chi connectivity index (χ4n) is 3.85. The third-order valence-electron chi connectivity index (χ3n) is 5.41. The summed E-state index contributed by atoms with van der Waals surface area (Å²) < 4.78 is 8.70. The summed E-state index contributed by atoms with van der Waals surface area (Å²) >= 11 is 0. The normalized spacial score (nSPS) is 13.9. The summed E-state index contributed by atoms with van der Waals surface area (Å²) in [6.45, 7) is 1.65. The number of para-hydroxylation sites is 2. The highest BCUT2D eigenvalue weighted by atomic mass is 16.4. The molecule has 152 valence electrons. The van der Waals surface area contributed by atoms with Gasteiger partial charge in [0, 0.05) is 44.9 Å². The lowest BCUT2D eigenvalue weighted by Crippen LogP contribution is -2.37. The van der Waals surface area contributed by atoms with Gasteiger partial charge in [0.05, 0.1) is 5.52 Å². The number of hydrogen-bond acceptors (Lipinski definition) is 6. The highest BCUT2D eigenvalue weighted by Gasteiger charge is 2.23. The van der Waals surface area contributed by atoms with Crippen LogP contribution in [0.2, 0.25) is 0 Å². The number of oxazole rings is 1. The predicted octanol–water partition coefficient (Wildman–Crippen LogP) is 1.26. The third-order valence-corrected chi connectivity index (χ3v) is 5.41. The van der Waals surface area contributed by atoms with Crippen molar-refractivity contribution in [1.29, 1.82) is 0 Å². The van der Waals surface area contributed by atoms with Crippen LogP contribution in [0.4, 0.5) is 0 Å². The van der Waals surface area contributed by atoms with Crippen molar-refractivity contribution in [2.24, 2.45) is 0 Å². The molecule has 1 amide bonds. The number of rotatable bonds is 4. The number of aromatic nitrogens is 5. The van der Waals surface area contributed by atoms with Crippen molar-refractivity contribution < 1.29 is 9.21 Å². The highest BCUT2D eigenvalue weighted by molar-refractivity contribution is 5.79. The van der Waals surface area contributed by atoms with Gasteiger partial charge in [-0.2, -0.15) is 0 Å². The number of amides is 1. The first-order valence-corrected chi connectivity index (χ1v) is 9.85. The Morgan fingerprint density at radius 2 is 1.97 bits per heavy atom. The van der Waals surface area contributed by atoms with E-state index in [4.69, 9.17) is 4.42 Å². The molecule has 0 saturated carbocycles. The Bertz CT molecular complexity index is 1260. The van der Waals surface area contributed by atoms with Gasteiger partial charge < -0.3 is 13.9 Å². The van der Waals surface area contributed by atoms with E-state index in [1.54, 1.807) is 29.3 Å². The van der Waals surface area contributed by atoms with Crippen molar-refractivity contribution in [3.8, 4) is 0 Å². The van der Waals surface area contributed by atoms with Crippen LogP contribution in [0.25, 0.3) is 11.1 Å². The summed E-state index contributed by atoms with van der Waals surface area (Å²) in [6.07, 6.45) is 4.82. The number of pyridine rings is 1. The average Bonchev–Trinajstić information content (AvgIpc) is 3.20. The van der Waals surface area contributed by atoms with Crippen LogP contribution < -0.4 is 5.76 Å². The molecule has 0 N–H and O–H groups in total.